The van der Waals surface area contributed by atoms with Crippen LogP contribution in [0.15, 0.2) is 0 Å². The molecule has 6 heteroatoms. The first-order valence-electron chi connectivity index (χ1n) is 3.54. The Bertz CT molecular complexity index is 203. The number of urea groups is 1. The zero-order valence-corrected chi connectivity index (χ0v) is 6.42. The molecule has 0 unspecified atom stereocenters. The number of halogens is 1. The highest BCUT2D eigenvalue weighted by atomic mass is 19.1. The average Bonchev–Trinajstić information content (AvgIpc) is 1.94. The molecule has 12 heavy (non-hydrogen) atoms. The van der Waals surface area contributed by atoms with Gasteiger partial charge in [0.15, 0.2) is 0 Å². The van der Waals surface area contributed by atoms with Crippen molar-refractivity contribution in [3.05, 3.63) is 0 Å². The highest BCUT2D eigenvalue weighted by molar-refractivity contribution is 5.83. The molecule has 1 heterocycles. The Balaban J connectivity index is 2.17. The molecule has 0 bridgehead atoms. The summed E-state index contributed by atoms with van der Waals surface area (Å²) >= 11 is 0. The van der Waals surface area contributed by atoms with E-state index in [1.165, 1.54) is 4.90 Å². The van der Waals surface area contributed by atoms with E-state index < -0.39 is 12.2 Å². The summed E-state index contributed by atoms with van der Waals surface area (Å²) in [7, 11) is 0. The number of nitrogens with one attached hydrogen (secondary N) is 1. The highest BCUT2D eigenvalue weighted by Crippen LogP contribution is 2.10. The number of nitrogens with zero attached hydrogens (tertiary/aromatic N) is 1. The van der Waals surface area contributed by atoms with Gasteiger partial charge in [0, 0.05) is 0 Å². The molecular weight excluding hydrogens is 165 g/mol. The van der Waals surface area contributed by atoms with E-state index in [4.69, 9.17) is 5.73 Å². The van der Waals surface area contributed by atoms with Crippen LogP contribution >= 0.6 is 0 Å². The maximum atomic E-state index is 12.2. The largest absolute Gasteiger partial charge is 0.352 e. The van der Waals surface area contributed by atoms with Crippen molar-refractivity contribution >= 4 is 11.9 Å². The summed E-state index contributed by atoms with van der Waals surface area (Å²) in [6.45, 7) is 0.0978. The molecule has 1 aliphatic heterocycles. The molecule has 0 aromatic heterocycles. The van der Waals surface area contributed by atoms with Crippen molar-refractivity contribution in [3.8, 4) is 0 Å². The van der Waals surface area contributed by atoms with Crippen molar-refractivity contribution in [1.82, 2.24) is 10.2 Å². The fraction of sp³-hybridized carbons (Fsp3) is 0.667. The maximum absolute atomic E-state index is 12.2. The first-order chi connectivity index (χ1) is 5.59. The number of carbonyl (C=O) groups is 2. The van der Waals surface area contributed by atoms with E-state index in [0.29, 0.717) is 0 Å². The van der Waals surface area contributed by atoms with E-state index in [1.54, 1.807) is 0 Å². The summed E-state index contributed by atoms with van der Waals surface area (Å²) in [5, 5.41) is 2.13. The molecule has 1 aliphatic rings. The topological polar surface area (TPSA) is 75.4 Å². The van der Waals surface area contributed by atoms with Crippen molar-refractivity contribution in [1.29, 1.82) is 0 Å². The minimum atomic E-state index is -0.914. The van der Waals surface area contributed by atoms with Gasteiger partial charge in [-0.25, -0.2) is 9.18 Å². The number of likely N-dealkylation sites (tertiary alicyclic amines) is 1. The van der Waals surface area contributed by atoms with Gasteiger partial charge in [-0.1, -0.05) is 0 Å². The highest BCUT2D eigenvalue weighted by Gasteiger charge is 2.29. The first kappa shape index (κ1) is 8.76. The fourth-order valence-electron chi connectivity index (χ4n) is 0.903. The number of rotatable bonds is 2. The summed E-state index contributed by atoms with van der Waals surface area (Å²) < 4.78 is 12.2. The normalized spacial score (nSPS) is 16.9. The smallest absolute Gasteiger partial charge is 0.312 e. The van der Waals surface area contributed by atoms with E-state index in [9.17, 15) is 14.0 Å². The van der Waals surface area contributed by atoms with Gasteiger partial charge in [0.2, 0.25) is 5.91 Å². The van der Waals surface area contributed by atoms with Crippen LogP contribution in [0.3, 0.4) is 0 Å². The van der Waals surface area contributed by atoms with E-state index in [2.05, 4.69) is 5.32 Å². The SMILES string of the molecule is NC(=O)NCC(=O)N1CC(F)C1. The summed E-state index contributed by atoms with van der Waals surface area (Å²) in [5.74, 6) is -0.303. The Morgan fingerprint density at radius 2 is 2.17 bits per heavy atom. The standard InChI is InChI=1S/C6H10FN3O2/c7-4-2-10(3-4)5(11)1-9-6(8)12/h4H,1-3H2,(H3,8,9,12). The van der Waals surface area contributed by atoms with Crippen LogP contribution in [0.5, 0.6) is 0 Å². The van der Waals surface area contributed by atoms with Crippen molar-refractivity contribution < 1.29 is 14.0 Å². The Morgan fingerprint density at radius 1 is 1.58 bits per heavy atom. The summed E-state index contributed by atoms with van der Waals surface area (Å²) in [4.78, 5) is 22.4. The minimum Gasteiger partial charge on any atom is -0.352 e. The average molecular weight is 175 g/mol. The van der Waals surface area contributed by atoms with Gasteiger partial charge in [0.05, 0.1) is 19.6 Å². The summed E-state index contributed by atoms with van der Waals surface area (Å²) in [6, 6.07) is -0.749. The molecule has 0 aromatic rings. The summed E-state index contributed by atoms with van der Waals surface area (Å²) in [5.41, 5.74) is 4.73. The first-order valence-corrected chi connectivity index (χ1v) is 3.54. The van der Waals surface area contributed by atoms with Crippen LogP contribution in [0.4, 0.5) is 9.18 Å². The van der Waals surface area contributed by atoms with Gasteiger partial charge < -0.3 is 16.0 Å². The van der Waals surface area contributed by atoms with Crippen molar-refractivity contribution in [3.63, 3.8) is 0 Å². The van der Waals surface area contributed by atoms with Crippen LogP contribution < -0.4 is 11.1 Å². The monoisotopic (exact) mass is 175 g/mol. The third-order valence-electron chi connectivity index (χ3n) is 1.60. The van der Waals surface area contributed by atoms with E-state index in [1.807, 2.05) is 0 Å². The lowest BCUT2D eigenvalue weighted by Gasteiger charge is -2.34. The zero-order chi connectivity index (χ0) is 9.14. The van der Waals surface area contributed by atoms with Crippen LogP contribution in [0.2, 0.25) is 0 Å². The van der Waals surface area contributed by atoms with Gasteiger partial charge in [-0.3, -0.25) is 4.79 Å². The van der Waals surface area contributed by atoms with E-state index in [-0.39, 0.29) is 25.5 Å². The van der Waals surface area contributed by atoms with Gasteiger partial charge in [0.25, 0.3) is 0 Å². The van der Waals surface area contributed by atoms with Crippen molar-refractivity contribution in [2.24, 2.45) is 5.73 Å². The molecule has 0 atom stereocenters. The lowest BCUT2D eigenvalue weighted by Crippen LogP contribution is -2.54. The number of hydrogen-bond acceptors (Lipinski definition) is 2. The Labute approximate surface area is 68.7 Å². The molecule has 1 fully saturated rings. The Hall–Kier alpha value is -1.33. The predicted octanol–water partition coefficient (Wildman–Crippen LogP) is -1.17. The van der Waals surface area contributed by atoms with Crippen molar-refractivity contribution in [2.75, 3.05) is 19.6 Å². The predicted molar refractivity (Wildman–Crippen MR) is 39.1 cm³/mol. The summed E-state index contributed by atoms with van der Waals surface area (Å²) in [6.07, 6.45) is -0.914. The quantitative estimate of drug-likeness (QED) is 0.555. The Morgan fingerprint density at radius 3 is 2.58 bits per heavy atom. The molecule has 3 N–H and O–H groups in total. The molecule has 3 amide bonds. The number of amides is 3. The number of primary amides is 1. The number of alkyl halides is 1. The number of nitrogens with two attached hydrogens (primary N) is 1. The minimum absolute atomic E-state index is 0.124. The lowest BCUT2D eigenvalue weighted by atomic mass is 10.2. The third-order valence-corrected chi connectivity index (χ3v) is 1.60. The molecule has 1 saturated heterocycles. The third kappa shape index (κ3) is 2.08. The van der Waals surface area contributed by atoms with Gasteiger partial charge in [-0.2, -0.15) is 0 Å². The molecule has 1 rings (SSSR count). The molecular formula is C6H10FN3O2. The molecule has 0 radical (unpaired) electrons. The van der Waals surface area contributed by atoms with E-state index in [0.717, 1.165) is 0 Å². The van der Waals surface area contributed by atoms with E-state index >= 15 is 0 Å². The molecule has 0 aromatic carbocycles. The van der Waals surface area contributed by atoms with Gasteiger partial charge >= 0.3 is 6.03 Å². The molecule has 68 valence electrons. The van der Waals surface area contributed by atoms with Gasteiger partial charge in [-0.05, 0) is 0 Å². The van der Waals surface area contributed by atoms with Crippen LogP contribution in [-0.2, 0) is 4.79 Å². The molecule has 0 spiro atoms. The zero-order valence-electron chi connectivity index (χ0n) is 6.42. The molecule has 0 aliphatic carbocycles. The van der Waals surface area contributed by atoms with Gasteiger partial charge in [0.1, 0.15) is 6.17 Å². The molecule has 0 saturated carbocycles. The van der Waals surface area contributed by atoms with Crippen molar-refractivity contribution in [2.45, 2.75) is 6.17 Å². The van der Waals surface area contributed by atoms with Crippen LogP contribution in [0.1, 0.15) is 0 Å². The lowest BCUT2D eigenvalue weighted by molar-refractivity contribution is -0.136. The second kappa shape index (κ2) is 3.38. The number of hydrogen-bond donors (Lipinski definition) is 2. The van der Waals surface area contributed by atoms with Crippen LogP contribution in [-0.4, -0.2) is 42.6 Å². The van der Waals surface area contributed by atoms with Crippen LogP contribution in [0.25, 0.3) is 0 Å². The number of carbonyl (C=O) groups excluding carboxylic acids is 2. The van der Waals surface area contributed by atoms with Crippen LogP contribution in [0, 0.1) is 0 Å². The van der Waals surface area contributed by atoms with Gasteiger partial charge in [-0.15, -0.1) is 0 Å². The fourth-order valence-corrected chi connectivity index (χ4v) is 0.903. The second-order valence-electron chi connectivity index (χ2n) is 2.61. The maximum Gasteiger partial charge on any atom is 0.312 e. The second-order valence-corrected chi connectivity index (χ2v) is 2.61. The Kier molecular flexibility index (Phi) is 2.47. The molecule has 5 nitrogen and oxygen atoms in total.